The van der Waals surface area contributed by atoms with Gasteiger partial charge in [0.1, 0.15) is 0 Å². The molecule has 3 aromatic rings. The van der Waals surface area contributed by atoms with Crippen LogP contribution in [0.25, 0.3) is 4.96 Å². The van der Waals surface area contributed by atoms with Crippen molar-refractivity contribution in [1.29, 1.82) is 0 Å². The molecular formula is C15H15N5OS. The Morgan fingerprint density at radius 1 is 1.32 bits per heavy atom. The summed E-state index contributed by atoms with van der Waals surface area (Å²) >= 11 is 1.27. The van der Waals surface area contributed by atoms with Crippen molar-refractivity contribution in [3.05, 3.63) is 40.2 Å². The summed E-state index contributed by atoms with van der Waals surface area (Å²) in [6.07, 6.45) is 2.25. The standard InChI is InChI=1S/C15H15N5OS/c1-8-4-3-5-11(9(8)2)16-13(21)14-19-20-12(10-6-7-10)17-18-15(20)22-14/h3-5,10H,6-7H2,1-2H3,(H,16,21). The van der Waals surface area contributed by atoms with Gasteiger partial charge in [-0.1, -0.05) is 23.5 Å². The van der Waals surface area contributed by atoms with Crippen LogP contribution in [0.1, 0.15) is 45.5 Å². The molecule has 1 N–H and O–H groups in total. The summed E-state index contributed by atoms with van der Waals surface area (Å²) in [5, 5.41) is 16.0. The van der Waals surface area contributed by atoms with Crippen LogP contribution >= 0.6 is 11.3 Å². The molecule has 6 nitrogen and oxygen atoms in total. The number of amides is 1. The van der Waals surface area contributed by atoms with Gasteiger partial charge < -0.3 is 5.32 Å². The number of nitrogens with one attached hydrogen (secondary N) is 1. The molecule has 22 heavy (non-hydrogen) atoms. The Kier molecular flexibility index (Phi) is 2.97. The van der Waals surface area contributed by atoms with Crippen LogP contribution < -0.4 is 5.32 Å². The molecule has 0 spiro atoms. The maximum atomic E-state index is 12.4. The summed E-state index contributed by atoms with van der Waals surface area (Å²) < 4.78 is 1.71. The fourth-order valence-corrected chi connectivity index (χ4v) is 3.12. The highest BCUT2D eigenvalue weighted by Crippen LogP contribution is 2.39. The normalized spacial score (nSPS) is 14.5. The Labute approximate surface area is 131 Å². The number of carbonyl (C=O) groups excluding carboxylic acids is 1. The van der Waals surface area contributed by atoms with Crippen molar-refractivity contribution in [2.45, 2.75) is 32.6 Å². The molecule has 7 heteroatoms. The Balaban J connectivity index is 1.63. The molecule has 0 atom stereocenters. The molecule has 0 saturated heterocycles. The van der Waals surface area contributed by atoms with Gasteiger partial charge in [-0.05, 0) is 43.9 Å². The highest BCUT2D eigenvalue weighted by molar-refractivity contribution is 7.18. The molecular weight excluding hydrogens is 298 g/mol. The van der Waals surface area contributed by atoms with E-state index in [1.165, 1.54) is 11.3 Å². The fraction of sp³-hybridized carbons (Fsp3) is 0.333. The Bertz CT molecular complexity index is 877. The van der Waals surface area contributed by atoms with E-state index in [1.54, 1.807) is 4.52 Å². The van der Waals surface area contributed by atoms with Crippen LogP contribution in [0.15, 0.2) is 18.2 Å². The van der Waals surface area contributed by atoms with Gasteiger partial charge in [-0.15, -0.1) is 15.3 Å². The van der Waals surface area contributed by atoms with Gasteiger partial charge in [-0.3, -0.25) is 4.79 Å². The fourth-order valence-electron chi connectivity index (χ4n) is 2.38. The molecule has 0 unspecified atom stereocenters. The average Bonchev–Trinajstić information content (AvgIpc) is 3.11. The molecule has 2 aromatic heterocycles. The van der Waals surface area contributed by atoms with Crippen molar-refractivity contribution in [3.8, 4) is 0 Å². The first-order valence-electron chi connectivity index (χ1n) is 7.23. The summed E-state index contributed by atoms with van der Waals surface area (Å²) in [5.74, 6) is 1.12. The topological polar surface area (TPSA) is 72.2 Å². The minimum Gasteiger partial charge on any atom is -0.320 e. The molecule has 2 heterocycles. The van der Waals surface area contributed by atoms with Gasteiger partial charge in [0.05, 0.1) is 0 Å². The molecule has 1 fully saturated rings. The zero-order valence-corrected chi connectivity index (χ0v) is 13.1. The second-order valence-corrected chi connectivity index (χ2v) is 6.59. The minimum absolute atomic E-state index is 0.203. The van der Waals surface area contributed by atoms with Crippen LogP contribution in [0.4, 0.5) is 5.69 Å². The van der Waals surface area contributed by atoms with Crippen molar-refractivity contribution in [1.82, 2.24) is 19.8 Å². The first-order valence-corrected chi connectivity index (χ1v) is 8.05. The maximum Gasteiger partial charge on any atom is 0.286 e. The number of aromatic nitrogens is 4. The quantitative estimate of drug-likeness (QED) is 0.807. The lowest BCUT2D eigenvalue weighted by Gasteiger charge is -2.08. The number of benzene rings is 1. The van der Waals surface area contributed by atoms with Gasteiger partial charge in [0.15, 0.2) is 5.82 Å². The highest BCUT2D eigenvalue weighted by Gasteiger charge is 2.30. The van der Waals surface area contributed by atoms with E-state index in [4.69, 9.17) is 0 Å². The van der Waals surface area contributed by atoms with Gasteiger partial charge in [0.2, 0.25) is 9.97 Å². The van der Waals surface area contributed by atoms with Gasteiger partial charge in [0, 0.05) is 11.6 Å². The molecule has 4 rings (SSSR count). The smallest absolute Gasteiger partial charge is 0.286 e. The van der Waals surface area contributed by atoms with Gasteiger partial charge in [0.25, 0.3) is 5.91 Å². The van der Waals surface area contributed by atoms with E-state index in [-0.39, 0.29) is 5.91 Å². The molecule has 0 radical (unpaired) electrons. The number of fused-ring (bicyclic) bond motifs is 1. The number of hydrogen-bond acceptors (Lipinski definition) is 5. The van der Waals surface area contributed by atoms with Crippen LogP contribution in [0, 0.1) is 13.8 Å². The summed E-state index contributed by atoms with van der Waals surface area (Å²) in [6.45, 7) is 4.02. The zero-order chi connectivity index (χ0) is 15.3. The van der Waals surface area contributed by atoms with Gasteiger partial charge >= 0.3 is 0 Å². The number of carbonyl (C=O) groups is 1. The minimum atomic E-state index is -0.203. The van der Waals surface area contributed by atoms with Crippen molar-refractivity contribution >= 4 is 27.9 Å². The highest BCUT2D eigenvalue weighted by atomic mass is 32.1. The van der Waals surface area contributed by atoms with Gasteiger partial charge in [-0.25, -0.2) is 0 Å². The molecule has 1 saturated carbocycles. The Morgan fingerprint density at radius 2 is 2.14 bits per heavy atom. The Morgan fingerprint density at radius 3 is 2.91 bits per heavy atom. The molecule has 1 aromatic carbocycles. The summed E-state index contributed by atoms with van der Waals surface area (Å²) in [6, 6.07) is 5.86. The number of aryl methyl sites for hydroxylation is 1. The third-order valence-corrected chi connectivity index (χ3v) is 4.90. The summed E-state index contributed by atoms with van der Waals surface area (Å²) in [5.41, 5.74) is 3.03. The summed E-state index contributed by atoms with van der Waals surface area (Å²) in [4.78, 5) is 13.1. The van der Waals surface area contributed by atoms with E-state index in [2.05, 4.69) is 20.6 Å². The van der Waals surface area contributed by atoms with E-state index in [0.717, 1.165) is 35.5 Å². The van der Waals surface area contributed by atoms with Crippen molar-refractivity contribution in [3.63, 3.8) is 0 Å². The molecule has 112 valence electrons. The Hall–Kier alpha value is -2.28. The SMILES string of the molecule is Cc1cccc(NC(=O)c2nn3c(C4CC4)nnc3s2)c1C. The van der Waals surface area contributed by atoms with Crippen LogP contribution in [0.2, 0.25) is 0 Å². The second kappa shape index (κ2) is 4.88. The van der Waals surface area contributed by atoms with Crippen LogP contribution in [-0.4, -0.2) is 25.7 Å². The van der Waals surface area contributed by atoms with E-state index < -0.39 is 0 Å². The maximum absolute atomic E-state index is 12.4. The summed E-state index contributed by atoms with van der Waals surface area (Å²) in [7, 11) is 0. The lowest BCUT2D eigenvalue weighted by atomic mass is 10.1. The van der Waals surface area contributed by atoms with Gasteiger partial charge in [-0.2, -0.15) is 4.52 Å². The number of hydrogen-bond donors (Lipinski definition) is 1. The molecule has 0 aliphatic heterocycles. The molecule has 1 aliphatic rings. The zero-order valence-electron chi connectivity index (χ0n) is 12.3. The first kappa shape index (κ1) is 13.4. The second-order valence-electron chi connectivity index (χ2n) is 5.64. The number of anilines is 1. The van der Waals surface area contributed by atoms with E-state index in [1.807, 2.05) is 32.0 Å². The first-order chi connectivity index (χ1) is 10.6. The third-order valence-electron chi connectivity index (χ3n) is 4.00. The number of nitrogens with zero attached hydrogens (tertiary/aromatic N) is 4. The lowest BCUT2D eigenvalue weighted by molar-refractivity contribution is 0.102. The van der Waals surface area contributed by atoms with E-state index in [9.17, 15) is 4.79 Å². The van der Waals surface area contributed by atoms with Crippen molar-refractivity contribution in [2.75, 3.05) is 5.32 Å². The molecule has 1 amide bonds. The van der Waals surface area contributed by atoms with Crippen LogP contribution in [-0.2, 0) is 0 Å². The third kappa shape index (κ3) is 2.18. The van der Waals surface area contributed by atoms with Crippen LogP contribution in [0.3, 0.4) is 0 Å². The average molecular weight is 313 g/mol. The van der Waals surface area contributed by atoms with Crippen LogP contribution in [0.5, 0.6) is 0 Å². The number of rotatable bonds is 3. The predicted octanol–water partition coefficient (Wildman–Crippen LogP) is 2.93. The van der Waals surface area contributed by atoms with E-state index >= 15 is 0 Å². The lowest BCUT2D eigenvalue weighted by Crippen LogP contribution is -2.13. The molecule has 1 aliphatic carbocycles. The molecule has 0 bridgehead atoms. The largest absolute Gasteiger partial charge is 0.320 e. The van der Waals surface area contributed by atoms with E-state index in [0.29, 0.717) is 15.9 Å². The monoisotopic (exact) mass is 313 g/mol. The van der Waals surface area contributed by atoms with Crippen molar-refractivity contribution < 1.29 is 4.79 Å². The predicted molar refractivity (Wildman–Crippen MR) is 84.5 cm³/mol. The van der Waals surface area contributed by atoms with Crippen molar-refractivity contribution in [2.24, 2.45) is 0 Å².